The quantitative estimate of drug-likeness (QED) is 0.581. The number of nitrogens with one attached hydrogen (secondary N) is 1. The molecule has 0 aliphatic heterocycles. The number of aryl methyl sites for hydroxylation is 1. The van der Waals surface area contributed by atoms with Crippen LogP contribution in [-0.4, -0.2) is 10.1 Å². The van der Waals surface area contributed by atoms with Crippen LogP contribution in [0, 0.1) is 6.92 Å². The molecule has 0 saturated heterocycles. The van der Waals surface area contributed by atoms with Crippen molar-refractivity contribution in [3.63, 3.8) is 0 Å². The van der Waals surface area contributed by atoms with Gasteiger partial charge in [0.1, 0.15) is 4.83 Å². The number of fused-ring (bicyclic) bond motifs is 3. The predicted molar refractivity (Wildman–Crippen MR) is 96.0 cm³/mol. The minimum atomic E-state index is 0.0527. The molecule has 0 atom stereocenters. The highest BCUT2D eigenvalue weighted by Gasteiger charge is 2.10. The molecule has 0 aliphatic carbocycles. The Labute approximate surface area is 136 Å². The number of pyridine rings is 1. The van der Waals surface area contributed by atoms with E-state index in [1.165, 1.54) is 0 Å². The van der Waals surface area contributed by atoms with Crippen molar-refractivity contribution in [1.82, 2.24) is 4.98 Å². The first-order valence-corrected chi connectivity index (χ1v) is 8.24. The second-order valence-electron chi connectivity index (χ2n) is 5.69. The van der Waals surface area contributed by atoms with Crippen LogP contribution >= 0.6 is 11.3 Å². The van der Waals surface area contributed by atoms with E-state index in [0.29, 0.717) is 0 Å². The number of hydrogen-bond acceptors (Lipinski definition) is 3. The molecule has 4 aromatic rings. The van der Waals surface area contributed by atoms with Gasteiger partial charge in [0.2, 0.25) is 0 Å². The molecule has 0 bridgehead atoms. The Hall–Kier alpha value is -2.43. The van der Waals surface area contributed by atoms with E-state index < -0.39 is 0 Å². The molecule has 4 rings (SSSR count). The lowest BCUT2D eigenvalue weighted by Gasteiger charge is -2.03. The molecule has 4 heteroatoms. The van der Waals surface area contributed by atoms with Crippen LogP contribution in [0.5, 0.6) is 0 Å². The summed E-state index contributed by atoms with van der Waals surface area (Å²) < 4.78 is 1.10. The Morgan fingerprint density at radius 1 is 1.04 bits per heavy atom. The molecular formula is C19H15NO2S. The third kappa shape index (κ3) is 2.36. The maximum atomic E-state index is 12.3. The summed E-state index contributed by atoms with van der Waals surface area (Å²) in [6.07, 6.45) is 0. The minimum absolute atomic E-state index is 0.0527. The van der Waals surface area contributed by atoms with E-state index in [9.17, 15) is 4.79 Å². The van der Waals surface area contributed by atoms with Gasteiger partial charge in [0.15, 0.2) is 5.43 Å². The third-order valence-electron chi connectivity index (χ3n) is 4.06. The van der Waals surface area contributed by atoms with Crippen LogP contribution in [0.1, 0.15) is 11.3 Å². The summed E-state index contributed by atoms with van der Waals surface area (Å²) in [5, 5.41) is 10.9. The maximum absolute atomic E-state index is 12.3. The van der Waals surface area contributed by atoms with Crippen molar-refractivity contribution in [3.05, 3.63) is 70.0 Å². The summed E-state index contributed by atoms with van der Waals surface area (Å²) in [5.74, 6) is 0. The predicted octanol–water partition coefficient (Wildman–Crippen LogP) is 4.21. The summed E-state index contributed by atoms with van der Waals surface area (Å²) in [5.41, 5.74) is 4.07. The molecule has 0 saturated carbocycles. The molecule has 23 heavy (non-hydrogen) atoms. The molecule has 0 radical (unpaired) electrons. The Morgan fingerprint density at radius 2 is 1.78 bits per heavy atom. The number of aliphatic hydroxyl groups excluding tert-OH is 1. The number of aliphatic hydroxyl groups is 1. The van der Waals surface area contributed by atoms with Gasteiger partial charge in [-0.1, -0.05) is 36.4 Å². The van der Waals surface area contributed by atoms with Crippen LogP contribution < -0.4 is 5.43 Å². The molecule has 0 aliphatic rings. The average molecular weight is 321 g/mol. The second-order valence-corrected chi connectivity index (χ2v) is 6.74. The van der Waals surface area contributed by atoms with Gasteiger partial charge in [0.25, 0.3) is 0 Å². The number of rotatable bonds is 2. The molecule has 0 unspecified atom stereocenters. The van der Waals surface area contributed by atoms with Crippen molar-refractivity contribution in [3.8, 4) is 11.1 Å². The summed E-state index contributed by atoms with van der Waals surface area (Å²) >= 11 is 1.61. The van der Waals surface area contributed by atoms with Crippen LogP contribution in [0.4, 0.5) is 0 Å². The van der Waals surface area contributed by atoms with Crippen molar-refractivity contribution in [2.45, 2.75) is 13.5 Å². The van der Waals surface area contributed by atoms with Gasteiger partial charge < -0.3 is 10.1 Å². The first-order valence-electron chi connectivity index (χ1n) is 7.42. The molecule has 2 heterocycles. The summed E-state index contributed by atoms with van der Waals surface area (Å²) in [6.45, 7) is 1.95. The molecule has 2 aromatic carbocycles. The number of aromatic amines is 1. The average Bonchev–Trinajstić information content (AvgIpc) is 2.92. The van der Waals surface area contributed by atoms with Gasteiger partial charge >= 0.3 is 0 Å². The SMILES string of the molecule is Cc1cc(=O)c2c([nH]1)sc1cc(-c3ccc(CO)cc3)ccc12. The van der Waals surface area contributed by atoms with E-state index in [4.69, 9.17) is 5.11 Å². The van der Waals surface area contributed by atoms with Crippen LogP contribution in [0.15, 0.2) is 53.3 Å². The third-order valence-corrected chi connectivity index (χ3v) is 5.13. The van der Waals surface area contributed by atoms with E-state index >= 15 is 0 Å². The van der Waals surface area contributed by atoms with Gasteiger partial charge in [0, 0.05) is 21.8 Å². The standard InChI is InChI=1S/C19H15NO2S/c1-11-8-16(22)18-15-7-6-14(9-17(15)23-19(18)20-11)13-4-2-12(10-21)3-5-13/h2-9,21H,10H2,1H3,(H,20,22). The van der Waals surface area contributed by atoms with Crippen molar-refractivity contribution < 1.29 is 5.11 Å². The Kier molecular flexibility index (Phi) is 3.29. The van der Waals surface area contributed by atoms with Crippen molar-refractivity contribution in [2.24, 2.45) is 0 Å². The maximum Gasteiger partial charge on any atom is 0.191 e. The van der Waals surface area contributed by atoms with E-state index in [-0.39, 0.29) is 12.0 Å². The Bertz CT molecular complexity index is 1070. The van der Waals surface area contributed by atoms with Gasteiger partial charge in [-0.3, -0.25) is 4.79 Å². The zero-order valence-electron chi connectivity index (χ0n) is 12.6. The molecule has 3 nitrogen and oxygen atoms in total. The fraction of sp³-hybridized carbons (Fsp3) is 0.105. The first kappa shape index (κ1) is 14.2. The summed E-state index contributed by atoms with van der Waals surface area (Å²) in [4.78, 5) is 16.5. The molecule has 0 amide bonds. The van der Waals surface area contributed by atoms with E-state index in [0.717, 1.165) is 42.7 Å². The van der Waals surface area contributed by atoms with Gasteiger partial charge in [-0.2, -0.15) is 0 Å². The number of benzene rings is 2. The minimum Gasteiger partial charge on any atom is -0.392 e. The first-order chi connectivity index (χ1) is 11.2. The zero-order chi connectivity index (χ0) is 16.0. The van der Waals surface area contributed by atoms with Gasteiger partial charge in [-0.15, -0.1) is 11.3 Å². The van der Waals surface area contributed by atoms with E-state index in [1.54, 1.807) is 17.4 Å². The van der Waals surface area contributed by atoms with Crippen LogP contribution in [0.25, 0.3) is 31.4 Å². The normalized spacial score (nSPS) is 11.4. The largest absolute Gasteiger partial charge is 0.392 e. The lowest BCUT2D eigenvalue weighted by molar-refractivity contribution is 0.282. The van der Waals surface area contributed by atoms with E-state index in [2.05, 4.69) is 11.1 Å². The topological polar surface area (TPSA) is 53.1 Å². The summed E-state index contributed by atoms with van der Waals surface area (Å²) in [7, 11) is 0. The van der Waals surface area contributed by atoms with Crippen molar-refractivity contribution in [2.75, 3.05) is 0 Å². The molecule has 0 spiro atoms. The van der Waals surface area contributed by atoms with Crippen LogP contribution in [0.2, 0.25) is 0 Å². The van der Waals surface area contributed by atoms with Crippen LogP contribution in [0.3, 0.4) is 0 Å². The van der Waals surface area contributed by atoms with Gasteiger partial charge in [-0.05, 0) is 29.7 Å². The highest BCUT2D eigenvalue weighted by Crippen LogP contribution is 2.34. The monoisotopic (exact) mass is 321 g/mol. The number of hydrogen-bond donors (Lipinski definition) is 2. The molecular weight excluding hydrogens is 306 g/mol. The summed E-state index contributed by atoms with van der Waals surface area (Å²) in [6, 6.07) is 15.7. The number of H-pyrrole nitrogens is 1. The molecule has 2 aromatic heterocycles. The smallest absolute Gasteiger partial charge is 0.191 e. The molecule has 0 fully saturated rings. The van der Waals surface area contributed by atoms with Crippen molar-refractivity contribution in [1.29, 1.82) is 0 Å². The number of thiophene rings is 1. The zero-order valence-corrected chi connectivity index (χ0v) is 13.4. The van der Waals surface area contributed by atoms with Crippen LogP contribution in [-0.2, 0) is 6.61 Å². The molecule has 2 N–H and O–H groups in total. The second kappa shape index (κ2) is 5.33. The fourth-order valence-corrected chi connectivity index (χ4v) is 4.11. The van der Waals surface area contributed by atoms with Gasteiger partial charge in [0.05, 0.1) is 12.0 Å². The lowest BCUT2D eigenvalue weighted by atomic mass is 10.0. The van der Waals surface area contributed by atoms with Gasteiger partial charge in [-0.25, -0.2) is 0 Å². The fourth-order valence-electron chi connectivity index (χ4n) is 2.90. The number of aromatic nitrogens is 1. The molecule has 114 valence electrons. The van der Waals surface area contributed by atoms with E-state index in [1.807, 2.05) is 43.3 Å². The Balaban J connectivity index is 1.92. The lowest BCUT2D eigenvalue weighted by Crippen LogP contribution is -2.00. The highest BCUT2D eigenvalue weighted by molar-refractivity contribution is 7.25. The Morgan fingerprint density at radius 3 is 2.52 bits per heavy atom. The highest BCUT2D eigenvalue weighted by atomic mass is 32.1. The van der Waals surface area contributed by atoms with Crippen molar-refractivity contribution >= 4 is 31.6 Å².